The van der Waals surface area contributed by atoms with Crippen molar-refractivity contribution in [3.05, 3.63) is 0 Å². The van der Waals surface area contributed by atoms with Gasteiger partial charge in [0.05, 0.1) is 18.9 Å². The molecule has 31 heavy (non-hydrogen) atoms. The van der Waals surface area contributed by atoms with Crippen molar-refractivity contribution in [2.45, 2.75) is 43.4 Å². The zero-order valence-electron chi connectivity index (χ0n) is 16.6. The minimum Gasteiger partial charge on any atom is -0.481 e. The summed E-state index contributed by atoms with van der Waals surface area (Å²) in [6.07, 6.45) is 0.293. The second-order valence-electron chi connectivity index (χ2n) is 6.29. The predicted octanol–water partition coefficient (Wildman–Crippen LogP) is -2.51. The van der Waals surface area contributed by atoms with E-state index in [4.69, 9.17) is 21.1 Å². The number of nitrogens with one attached hydrogen (secondary N) is 3. The summed E-state index contributed by atoms with van der Waals surface area (Å²) in [7, 11) is 0. The number of carboxylic acid groups (broad SMARTS) is 3. The van der Waals surface area contributed by atoms with Crippen molar-refractivity contribution in [3.8, 4) is 0 Å². The predicted molar refractivity (Wildman–Crippen MR) is 113 cm³/mol. The van der Waals surface area contributed by atoms with Gasteiger partial charge in [-0.3, -0.25) is 24.0 Å². The third kappa shape index (κ3) is 11.4. The molecular formula is C16H26N4O9S2. The Hall–Kier alpha value is -2.52. The molecule has 0 aliphatic carbocycles. The average Bonchev–Trinajstić information content (AvgIpc) is 2.67. The summed E-state index contributed by atoms with van der Waals surface area (Å²) in [5.41, 5.74) is 5.72. The van der Waals surface area contributed by atoms with E-state index >= 15 is 0 Å². The molecule has 0 rings (SSSR count). The van der Waals surface area contributed by atoms with Crippen molar-refractivity contribution in [2.24, 2.45) is 5.73 Å². The Balaban J connectivity index is 5.25. The molecule has 15 heteroatoms. The molecule has 8 N–H and O–H groups in total. The van der Waals surface area contributed by atoms with Crippen LogP contribution in [0.1, 0.15) is 19.3 Å². The van der Waals surface area contributed by atoms with Gasteiger partial charge in [0, 0.05) is 5.75 Å². The fraction of sp³-hybridized carbons (Fsp3) is 0.625. The van der Waals surface area contributed by atoms with E-state index < -0.39 is 72.6 Å². The average molecular weight is 483 g/mol. The van der Waals surface area contributed by atoms with Crippen molar-refractivity contribution in [1.82, 2.24) is 16.0 Å². The first-order valence-electron chi connectivity index (χ1n) is 8.85. The standard InChI is InChI=1S/C16H26N4O9S2/c1-31-3-2-7(17)13(25)20-10(6-30)15(27)18-8(4-11(21)22)14(26)19-9(16(28)29)5-12(23)24/h7-10,30H,2-6,17H2,1H3,(H,18,27)(H,19,26)(H,20,25)(H,21,22)(H,23,24)(H,28,29). The van der Waals surface area contributed by atoms with Crippen molar-refractivity contribution >= 4 is 60.0 Å². The minimum atomic E-state index is -1.84. The van der Waals surface area contributed by atoms with Gasteiger partial charge in [0.1, 0.15) is 18.1 Å². The second-order valence-corrected chi connectivity index (χ2v) is 7.64. The van der Waals surface area contributed by atoms with Crippen LogP contribution in [-0.4, -0.2) is 92.9 Å². The maximum Gasteiger partial charge on any atom is 0.326 e. The Morgan fingerprint density at radius 2 is 1.29 bits per heavy atom. The van der Waals surface area contributed by atoms with Crippen LogP contribution in [-0.2, 0) is 28.8 Å². The van der Waals surface area contributed by atoms with E-state index in [0.717, 1.165) is 0 Å². The molecule has 0 saturated carbocycles. The highest BCUT2D eigenvalue weighted by Gasteiger charge is 2.31. The number of nitrogens with two attached hydrogens (primary N) is 1. The summed E-state index contributed by atoms with van der Waals surface area (Å²) in [5, 5.41) is 33.0. The first kappa shape index (κ1) is 28.5. The lowest BCUT2D eigenvalue weighted by Crippen LogP contribution is -2.58. The van der Waals surface area contributed by atoms with E-state index in [1.165, 1.54) is 11.8 Å². The maximum absolute atomic E-state index is 12.4. The monoisotopic (exact) mass is 482 g/mol. The van der Waals surface area contributed by atoms with E-state index in [1.54, 1.807) is 0 Å². The smallest absolute Gasteiger partial charge is 0.326 e. The van der Waals surface area contributed by atoms with Crippen molar-refractivity contribution in [2.75, 3.05) is 17.8 Å². The molecule has 0 fully saturated rings. The van der Waals surface area contributed by atoms with Crippen molar-refractivity contribution in [3.63, 3.8) is 0 Å². The normalized spacial score (nSPS) is 14.4. The van der Waals surface area contributed by atoms with E-state index in [1.807, 2.05) is 11.6 Å². The molecule has 0 aromatic heterocycles. The van der Waals surface area contributed by atoms with Gasteiger partial charge in [-0.15, -0.1) is 0 Å². The zero-order chi connectivity index (χ0) is 24.1. The van der Waals surface area contributed by atoms with Crippen LogP contribution in [0.3, 0.4) is 0 Å². The largest absolute Gasteiger partial charge is 0.481 e. The Morgan fingerprint density at radius 1 is 0.839 bits per heavy atom. The molecule has 176 valence electrons. The number of thioether (sulfide) groups is 1. The van der Waals surface area contributed by atoms with Gasteiger partial charge in [-0.2, -0.15) is 24.4 Å². The molecule has 0 aromatic carbocycles. The van der Waals surface area contributed by atoms with Crippen LogP contribution in [0.4, 0.5) is 0 Å². The number of carboxylic acids is 3. The van der Waals surface area contributed by atoms with Crippen LogP contribution < -0.4 is 21.7 Å². The SMILES string of the molecule is CSCCC(N)C(=O)NC(CS)C(=O)NC(CC(=O)O)C(=O)NC(CC(=O)O)C(=O)O. The first-order valence-corrected chi connectivity index (χ1v) is 10.9. The summed E-state index contributed by atoms with van der Waals surface area (Å²) in [4.78, 5) is 69.7. The molecule has 0 heterocycles. The molecule has 0 saturated heterocycles. The van der Waals surface area contributed by atoms with E-state index in [0.29, 0.717) is 12.2 Å². The highest BCUT2D eigenvalue weighted by atomic mass is 32.2. The van der Waals surface area contributed by atoms with Crippen molar-refractivity contribution in [1.29, 1.82) is 0 Å². The summed E-state index contributed by atoms with van der Waals surface area (Å²) < 4.78 is 0. The number of carbonyl (C=O) groups excluding carboxylic acids is 3. The Bertz CT molecular complexity index is 692. The van der Waals surface area contributed by atoms with Gasteiger partial charge in [-0.05, 0) is 18.4 Å². The number of hydrogen-bond donors (Lipinski definition) is 8. The van der Waals surface area contributed by atoms with Crippen molar-refractivity contribution < 1.29 is 44.1 Å². The molecule has 0 aromatic rings. The third-order valence-corrected chi connectivity index (χ3v) is 4.80. The van der Waals surface area contributed by atoms with Gasteiger partial charge in [0.2, 0.25) is 17.7 Å². The topological polar surface area (TPSA) is 225 Å². The Kier molecular flexibility index (Phi) is 13.3. The van der Waals surface area contributed by atoms with Crippen LogP contribution >= 0.6 is 24.4 Å². The second kappa shape index (κ2) is 14.5. The third-order valence-electron chi connectivity index (χ3n) is 3.79. The highest BCUT2D eigenvalue weighted by molar-refractivity contribution is 7.98. The lowest BCUT2D eigenvalue weighted by molar-refractivity contribution is -0.148. The summed E-state index contributed by atoms with van der Waals surface area (Å²) in [6, 6.07) is -5.72. The molecular weight excluding hydrogens is 456 g/mol. The Labute approximate surface area is 187 Å². The molecule has 3 amide bonds. The fourth-order valence-electron chi connectivity index (χ4n) is 2.15. The minimum absolute atomic E-state index is 0.203. The van der Waals surface area contributed by atoms with Gasteiger partial charge in [-0.25, -0.2) is 4.79 Å². The Morgan fingerprint density at radius 3 is 1.74 bits per heavy atom. The van der Waals surface area contributed by atoms with E-state index in [9.17, 15) is 28.8 Å². The molecule has 4 atom stereocenters. The summed E-state index contributed by atoms with van der Waals surface area (Å²) in [5.74, 6) is -7.07. The molecule has 0 spiro atoms. The van der Waals surface area contributed by atoms with Gasteiger partial charge in [-0.1, -0.05) is 0 Å². The van der Waals surface area contributed by atoms with Gasteiger partial charge in [0.25, 0.3) is 0 Å². The number of hydrogen-bond acceptors (Lipinski definition) is 9. The van der Waals surface area contributed by atoms with Crippen LogP contribution in [0.2, 0.25) is 0 Å². The fourth-order valence-corrected chi connectivity index (χ4v) is 2.90. The van der Waals surface area contributed by atoms with Crippen LogP contribution in [0.15, 0.2) is 0 Å². The van der Waals surface area contributed by atoms with E-state index in [-0.39, 0.29) is 5.75 Å². The number of rotatable bonds is 15. The first-order chi connectivity index (χ1) is 14.4. The molecule has 0 bridgehead atoms. The number of amides is 3. The van der Waals surface area contributed by atoms with Gasteiger partial charge >= 0.3 is 17.9 Å². The molecule has 13 nitrogen and oxygen atoms in total. The van der Waals surface area contributed by atoms with Crippen LogP contribution in [0, 0.1) is 0 Å². The lowest BCUT2D eigenvalue weighted by Gasteiger charge is -2.23. The van der Waals surface area contributed by atoms with Gasteiger partial charge in [0.15, 0.2) is 0 Å². The van der Waals surface area contributed by atoms with Crippen LogP contribution in [0.5, 0.6) is 0 Å². The molecule has 4 unspecified atom stereocenters. The van der Waals surface area contributed by atoms with Gasteiger partial charge < -0.3 is 37.0 Å². The number of carbonyl (C=O) groups is 6. The maximum atomic E-state index is 12.4. The summed E-state index contributed by atoms with van der Waals surface area (Å²) in [6.45, 7) is 0. The van der Waals surface area contributed by atoms with E-state index in [2.05, 4.69) is 23.3 Å². The summed E-state index contributed by atoms with van der Waals surface area (Å²) >= 11 is 5.43. The highest BCUT2D eigenvalue weighted by Crippen LogP contribution is 2.02. The molecule has 0 aliphatic heterocycles. The number of thiol groups is 1. The molecule has 0 aliphatic rings. The van der Waals surface area contributed by atoms with Crippen LogP contribution in [0.25, 0.3) is 0 Å². The molecule has 0 radical (unpaired) electrons. The lowest BCUT2D eigenvalue weighted by atomic mass is 10.1. The quantitative estimate of drug-likeness (QED) is 0.114. The number of aliphatic carboxylic acids is 3. The zero-order valence-corrected chi connectivity index (χ0v) is 18.3.